The zero-order chi connectivity index (χ0) is 31.4. The molecule has 0 radical (unpaired) electrons. The van der Waals surface area contributed by atoms with Gasteiger partial charge in [0.15, 0.2) is 16.3 Å². The van der Waals surface area contributed by atoms with Crippen molar-refractivity contribution in [2.75, 3.05) is 13.7 Å². The maximum Gasteiger partial charge on any atom is 0.338 e. The number of ether oxygens (including phenoxy) is 3. The molecular formula is C35H33N3O5S. The van der Waals surface area contributed by atoms with E-state index in [4.69, 9.17) is 14.2 Å². The fourth-order valence-electron chi connectivity index (χ4n) is 5.13. The van der Waals surface area contributed by atoms with Crippen LogP contribution in [0.4, 0.5) is 0 Å². The highest BCUT2D eigenvalue weighted by Crippen LogP contribution is 2.32. The number of methoxy groups -OCH3 is 1. The molecule has 0 bridgehead atoms. The smallest absolute Gasteiger partial charge is 0.338 e. The molecule has 1 atom stereocenters. The SMILES string of the molecule is CCOC(=O)C1=C(C)N=c2s/c(=C/c3ccc(OCc4ccccc4C#N)c(OC)c3)c(=O)n2[C@H]1c1ccc(C(C)C)cc1. The van der Waals surface area contributed by atoms with Crippen LogP contribution in [0.25, 0.3) is 6.08 Å². The normalized spacial score (nSPS) is 14.6. The van der Waals surface area contributed by atoms with Crippen LogP contribution in [0.1, 0.15) is 67.5 Å². The van der Waals surface area contributed by atoms with Gasteiger partial charge in [0.1, 0.15) is 6.61 Å². The van der Waals surface area contributed by atoms with E-state index in [1.165, 1.54) is 11.3 Å². The lowest BCUT2D eigenvalue weighted by molar-refractivity contribution is -0.139. The van der Waals surface area contributed by atoms with Crippen LogP contribution >= 0.6 is 11.3 Å². The molecule has 0 saturated heterocycles. The molecule has 0 fully saturated rings. The van der Waals surface area contributed by atoms with Crippen molar-refractivity contribution in [3.05, 3.63) is 126 Å². The molecule has 4 aromatic rings. The highest BCUT2D eigenvalue weighted by atomic mass is 32.1. The van der Waals surface area contributed by atoms with Gasteiger partial charge in [0, 0.05) is 5.56 Å². The third kappa shape index (κ3) is 6.08. The van der Waals surface area contributed by atoms with Gasteiger partial charge in [-0.05, 0) is 60.7 Å². The standard InChI is InChI=1S/C35H33N3O5S/c1-6-42-34(40)31-22(4)37-35-38(32(31)25-14-12-24(13-15-25)21(2)3)33(39)30(44-35)18-23-11-16-28(29(17-23)41-5)43-20-27-10-8-7-9-26(27)19-36/h7-18,21,32H,6,20H2,1-5H3/b30-18+/t32-/m0/s1. The lowest BCUT2D eigenvalue weighted by atomic mass is 9.93. The van der Waals surface area contributed by atoms with E-state index in [1.54, 1.807) is 49.8 Å². The van der Waals surface area contributed by atoms with Gasteiger partial charge in [0.2, 0.25) is 0 Å². The molecule has 1 aliphatic heterocycles. The van der Waals surface area contributed by atoms with Gasteiger partial charge in [-0.1, -0.05) is 73.7 Å². The Kier molecular flexibility index (Phi) is 9.12. The molecule has 224 valence electrons. The monoisotopic (exact) mass is 607 g/mol. The zero-order valence-corrected chi connectivity index (χ0v) is 26.1. The number of hydrogen-bond acceptors (Lipinski definition) is 8. The molecule has 9 heteroatoms. The molecule has 5 rings (SSSR count). The van der Waals surface area contributed by atoms with Crippen molar-refractivity contribution in [3.8, 4) is 17.6 Å². The number of fused-ring (bicyclic) bond motifs is 1. The molecule has 0 aliphatic carbocycles. The molecule has 8 nitrogen and oxygen atoms in total. The van der Waals surface area contributed by atoms with Gasteiger partial charge in [0.25, 0.3) is 5.56 Å². The summed E-state index contributed by atoms with van der Waals surface area (Å²) in [5.74, 6) is 0.858. The highest BCUT2D eigenvalue weighted by Gasteiger charge is 2.33. The number of nitrogens with zero attached hydrogens (tertiary/aromatic N) is 3. The van der Waals surface area contributed by atoms with E-state index < -0.39 is 12.0 Å². The lowest BCUT2D eigenvalue weighted by Gasteiger charge is -2.25. The fraction of sp³-hybridized carbons (Fsp3) is 0.257. The molecule has 0 unspecified atom stereocenters. The number of hydrogen-bond donors (Lipinski definition) is 0. The van der Waals surface area contributed by atoms with Crippen LogP contribution in [0, 0.1) is 11.3 Å². The summed E-state index contributed by atoms with van der Waals surface area (Å²) in [5.41, 5.74) is 4.64. The first-order valence-electron chi connectivity index (χ1n) is 14.3. The van der Waals surface area contributed by atoms with Crippen LogP contribution in [0.5, 0.6) is 11.5 Å². The van der Waals surface area contributed by atoms with E-state index in [0.29, 0.717) is 43.6 Å². The number of benzene rings is 3. The first-order chi connectivity index (χ1) is 21.2. The van der Waals surface area contributed by atoms with E-state index in [0.717, 1.165) is 22.3 Å². The third-order valence-corrected chi connectivity index (χ3v) is 8.43. The van der Waals surface area contributed by atoms with Crippen LogP contribution in [-0.2, 0) is 16.1 Å². The Labute approximate surface area is 259 Å². The van der Waals surface area contributed by atoms with Crippen LogP contribution in [-0.4, -0.2) is 24.3 Å². The van der Waals surface area contributed by atoms with Gasteiger partial charge in [0.05, 0.1) is 47.2 Å². The summed E-state index contributed by atoms with van der Waals surface area (Å²) in [6, 6.07) is 22.2. The molecule has 1 aliphatic rings. The Morgan fingerprint density at radius 2 is 1.86 bits per heavy atom. The Morgan fingerprint density at radius 3 is 2.55 bits per heavy atom. The van der Waals surface area contributed by atoms with Gasteiger partial charge in [-0.3, -0.25) is 9.36 Å². The van der Waals surface area contributed by atoms with Crippen LogP contribution in [0.15, 0.2) is 87.8 Å². The first kappa shape index (κ1) is 30.5. The Balaban J connectivity index is 1.54. The maximum absolute atomic E-state index is 14.0. The fourth-order valence-corrected chi connectivity index (χ4v) is 6.17. The quantitative estimate of drug-likeness (QED) is 0.237. The second kappa shape index (κ2) is 13.1. The second-order valence-corrected chi connectivity index (χ2v) is 11.6. The van der Waals surface area contributed by atoms with Crippen molar-refractivity contribution in [1.82, 2.24) is 4.57 Å². The van der Waals surface area contributed by atoms with Gasteiger partial charge in [-0.25, -0.2) is 9.79 Å². The van der Waals surface area contributed by atoms with E-state index in [9.17, 15) is 14.9 Å². The number of nitriles is 1. The predicted molar refractivity (Wildman–Crippen MR) is 169 cm³/mol. The summed E-state index contributed by atoms with van der Waals surface area (Å²) in [7, 11) is 1.55. The van der Waals surface area contributed by atoms with E-state index in [2.05, 4.69) is 24.9 Å². The van der Waals surface area contributed by atoms with Gasteiger partial charge < -0.3 is 14.2 Å². The number of allylic oxidation sites excluding steroid dienone is 1. The average molecular weight is 608 g/mol. The van der Waals surface area contributed by atoms with Crippen LogP contribution in [0.2, 0.25) is 0 Å². The lowest BCUT2D eigenvalue weighted by Crippen LogP contribution is -2.39. The summed E-state index contributed by atoms with van der Waals surface area (Å²) in [5, 5.41) is 9.38. The topological polar surface area (TPSA) is 103 Å². The number of thiazole rings is 1. The minimum absolute atomic E-state index is 0.207. The molecule has 0 amide bonds. The number of aromatic nitrogens is 1. The van der Waals surface area contributed by atoms with Crippen LogP contribution < -0.4 is 24.4 Å². The largest absolute Gasteiger partial charge is 0.493 e. The molecule has 44 heavy (non-hydrogen) atoms. The van der Waals surface area contributed by atoms with Gasteiger partial charge in [-0.2, -0.15) is 5.26 Å². The van der Waals surface area contributed by atoms with Crippen molar-refractivity contribution in [3.63, 3.8) is 0 Å². The first-order valence-corrected chi connectivity index (χ1v) is 15.2. The predicted octanol–water partition coefficient (Wildman–Crippen LogP) is 5.38. The van der Waals surface area contributed by atoms with E-state index in [1.807, 2.05) is 48.5 Å². The maximum atomic E-state index is 14.0. The Bertz CT molecular complexity index is 1960. The van der Waals surface area contributed by atoms with Gasteiger partial charge in [-0.15, -0.1) is 0 Å². The number of rotatable bonds is 9. The van der Waals surface area contributed by atoms with Crippen molar-refractivity contribution >= 4 is 23.4 Å². The molecular weight excluding hydrogens is 574 g/mol. The summed E-state index contributed by atoms with van der Waals surface area (Å²) >= 11 is 1.26. The molecule has 1 aromatic heterocycles. The minimum atomic E-state index is -0.671. The number of carbonyl (C=O) groups is 1. The molecule has 3 aromatic carbocycles. The molecule has 0 spiro atoms. The van der Waals surface area contributed by atoms with Crippen molar-refractivity contribution < 1.29 is 19.0 Å². The van der Waals surface area contributed by atoms with Gasteiger partial charge >= 0.3 is 5.97 Å². The molecule has 0 N–H and O–H groups in total. The number of carbonyl (C=O) groups excluding carboxylic acids is 1. The minimum Gasteiger partial charge on any atom is -0.493 e. The van der Waals surface area contributed by atoms with E-state index in [-0.39, 0.29) is 18.8 Å². The molecule has 2 heterocycles. The zero-order valence-electron chi connectivity index (χ0n) is 25.3. The average Bonchev–Trinajstić information content (AvgIpc) is 3.33. The molecule has 0 saturated carbocycles. The summed E-state index contributed by atoms with van der Waals surface area (Å²) < 4.78 is 19.0. The highest BCUT2D eigenvalue weighted by molar-refractivity contribution is 7.07. The summed E-state index contributed by atoms with van der Waals surface area (Å²) in [6.45, 7) is 8.19. The van der Waals surface area contributed by atoms with Crippen molar-refractivity contribution in [2.24, 2.45) is 4.99 Å². The number of esters is 1. The summed E-state index contributed by atoms with van der Waals surface area (Å²) in [6.07, 6.45) is 1.78. The van der Waals surface area contributed by atoms with E-state index >= 15 is 0 Å². The Hall–Kier alpha value is -4.94. The second-order valence-electron chi connectivity index (χ2n) is 10.6. The third-order valence-electron chi connectivity index (χ3n) is 7.44. The summed E-state index contributed by atoms with van der Waals surface area (Å²) in [4.78, 5) is 32.3. The Morgan fingerprint density at radius 1 is 1.11 bits per heavy atom. The van der Waals surface area contributed by atoms with Crippen LogP contribution in [0.3, 0.4) is 0 Å². The van der Waals surface area contributed by atoms with Crippen molar-refractivity contribution in [2.45, 2.75) is 46.3 Å². The van der Waals surface area contributed by atoms with Crippen molar-refractivity contribution in [1.29, 1.82) is 5.26 Å².